The number of hydrogen-bond donors (Lipinski definition) is 0. The molecular formula is C33H24N4O4. The van der Waals surface area contributed by atoms with Crippen molar-refractivity contribution >= 4 is 45.9 Å². The van der Waals surface area contributed by atoms with Gasteiger partial charge in [-0.15, -0.1) is 0 Å². The first-order valence-corrected chi connectivity index (χ1v) is 13.4. The van der Waals surface area contributed by atoms with Crippen LogP contribution in [-0.4, -0.2) is 33.2 Å². The smallest absolute Gasteiger partial charge is 0.243 e. The molecule has 8 heteroatoms. The summed E-state index contributed by atoms with van der Waals surface area (Å²) in [6.45, 7) is 0. The lowest BCUT2D eigenvalue weighted by molar-refractivity contribution is -0.129. The highest BCUT2D eigenvalue weighted by atomic mass is 16.2. The summed E-state index contributed by atoms with van der Waals surface area (Å²) in [4.78, 5) is 62.6. The van der Waals surface area contributed by atoms with Crippen molar-refractivity contribution in [2.24, 2.45) is 11.8 Å². The number of hydrogen-bond acceptors (Lipinski definition) is 5. The van der Waals surface area contributed by atoms with Crippen LogP contribution in [0.15, 0.2) is 115 Å². The zero-order chi connectivity index (χ0) is 28.1. The van der Waals surface area contributed by atoms with Gasteiger partial charge in [0.15, 0.2) is 0 Å². The van der Waals surface area contributed by atoms with Crippen LogP contribution in [0.1, 0.15) is 18.0 Å². The minimum Gasteiger partial charge on any atom is -0.297 e. The van der Waals surface area contributed by atoms with Gasteiger partial charge in [0.05, 0.1) is 34.6 Å². The fourth-order valence-corrected chi connectivity index (χ4v) is 6.17. The molecule has 4 amide bonds. The number of pyridine rings is 1. The summed E-state index contributed by atoms with van der Waals surface area (Å²) in [5, 5.41) is 0.866. The van der Waals surface area contributed by atoms with Gasteiger partial charge in [-0.25, -0.2) is 9.88 Å². The summed E-state index contributed by atoms with van der Waals surface area (Å²) in [5.41, 5.74) is 2.23. The van der Waals surface area contributed by atoms with Crippen LogP contribution in [0.25, 0.3) is 16.7 Å². The summed E-state index contributed by atoms with van der Waals surface area (Å²) in [5.74, 6) is -4.33. The third kappa shape index (κ3) is 3.87. The SMILES string of the molecule is O=C1CC(C2C(=O)N(c3ccccc3)C(=O)C2c2cc3ccccc3n2-c2ccccn2)C(=O)N1c1ccccc1. The standard InChI is InChI=1S/C33H24N4O4/c38-28-20-24(31(39)35(28)22-12-3-1-4-13-22)29-30(33(41)36(32(29)40)23-14-5-2-6-15-23)26-19-21-11-7-8-16-25(21)37(26)27-17-9-10-18-34-27/h1-19,24,29-30H,20H2. The molecule has 0 spiro atoms. The van der Waals surface area contributed by atoms with Crippen molar-refractivity contribution in [3.8, 4) is 5.82 Å². The molecule has 41 heavy (non-hydrogen) atoms. The maximum absolute atomic E-state index is 14.3. The predicted octanol–water partition coefficient (Wildman–Crippen LogP) is 4.88. The van der Waals surface area contributed by atoms with Gasteiger partial charge in [0, 0.05) is 23.7 Å². The number of nitrogens with zero attached hydrogens (tertiary/aromatic N) is 4. The number of aromatic nitrogens is 2. The van der Waals surface area contributed by atoms with Gasteiger partial charge in [-0.05, 0) is 48.5 Å². The van der Waals surface area contributed by atoms with Gasteiger partial charge < -0.3 is 0 Å². The van der Waals surface area contributed by atoms with Crippen LogP contribution < -0.4 is 9.80 Å². The highest BCUT2D eigenvalue weighted by Crippen LogP contribution is 2.47. The molecule has 3 unspecified atom stereocenters. The van der Waals surface area contributed by atoms with E-state index < -0.39 is 41.4 Å². The normalized spacial score (nSPS) is 20.9. The molecule has 0 bridgehead atoms. The van der Waals surface area contributed by atoms with E-state index in [1.807, 2.05) is 47.0 Å². The maximum Gasteiger partial charge on any atom is 0.243 e. The first-order chi connectivity index (χ1) is 20.0. The van der Waals surface area contributed by atoms with Crippen LogP contribution in [0.5, 0.6) is 0 Å². The lowest BCUT2D eigenvalue weighted by Crippen LogP contribution is -2.36. The van der Waals surface area contributed by atoms with Crippen LogP contribution in [0.2, 0.25) is 0 Å². The number of benzene rings is 3. The summed E-state index contributed by atoms with van der Waals surface area (Å²) in [6, 6.07) is 32.4. The van der Waals surface area contributed by atoms with Crippen molar-refractivity contribution in [2.75, 3.05) is 9.80 Å². The number of rotatable bonds is 5. The first kappa shape index (κ1) is 24.7. The van der Waals surface area contributed by atoms with E-state index >= 15 is 0 Å². The Kier molecular flexibility index (Phi) is 5.82. The molecule has 2 aromatic heterocycles. The van der Waals surface area contributed by atoms with Crippen LogP contribution in [0.4, 0.5) is 11.4 Å². The molecule has 2 fully saturated rings. The molecule has 200 valence electrons. The highest BCUT2D eigenvalue weighted by molar-refractivity contribution is 6.28. The molecule has 2 saturated heterocycles. The van der Waals surface area contributed by atoms with Gasteiger partial charge in [0.2, 0.25) is 23.6 Å². The molecule has 8 nitrogen and oxygen atoms in total. The molecular weight excluding hydrogens is 516 g/mol. The average Bonchev–Trinajstić information content (AvgIpc) is 3.61. The quantitative estimate of drug-likeness (QED) is 0.297. The summed E-state index contributed by atoms with van der Waals surface area (Å²) >= 11 is 0. The minimum atomic E-state index is -1.08. The largest absolute Gasteiger partial charge is 0.297 e. The Bertz CT molecular complexity index is 1820. The van der Waals surface area contributed by atoms with E-state index in [4.69, 9.17) is 0 Å². The molecule has 0 radical (unpaired) electrons. The first-order valence-electron chi connectivity index (χ1n) is 13.4. The molecule has 5 aromatic rings. The molecule has 2 aliphatic heterocycles. The highest BCUT2D eigenvalue weighted by Gasteiger charge is 2.58. The Morgan fingerprint density at radius 1 is 0.634 bits per heavy atom. The molecule has 0 N–H and O–H groups in total. The second kappa shape index (κ2) is 9.67. The van der Waals surface area contributed by atoms with Crippen molar-refractivity contribution in [1.29, 1.82) is 0 Å². The molecule has 7 rings (SSSR count). The molecule has 3 atom stereocenters. The lowest BCUT2D eigenvalue weighted by Gasteiger charge is -2.22. The number of para-hydroxylation sites is 3. The van der Waals surface area contributed by atoms with Gasteiger partial charge in [0.25, 0.3) is 0 Å². The number of anilines is 2. The van der Waals surface area contributed by atoms with Gasteiger partial charge in [0.1, 0.15) is 5.82 Å². The number of imide groups is 2. The number of amides is 4. The Morgan fingerprint density at radius 2 is 1.27 bits per heavy atom. The predicted molar refractivity (Wildman–Crippen MR) is 153 cm³/mol. The maximum atomic E-state index is 14.3. The Hall–Kier alpha value is -5.37. The third-order valence-electron chi connectivity index (χ3n) is 7.93. The van der Waals surface area contributed by atoms with E-state index in [1.165, 1.54) is 4.90 Å². The van der Waals surface area contributed by atoms with E-state index in [-0.39, 0.29) is 6.42 Å². The molecule has 3 aromatic carbocycles. The molecule has 0 saturated carbocycles. The Labute approximate surface area is 235 Å². The van der Waals surface area contributed by atoms with E-state index in [9.17, 15) is 19.2 Å². The van der Waals surface area contributed by atoms with Crippen molar-refractivity contribution in [2.45, 2.75) is 12.3 Å². The lowest BCUT2D eigenvalue weighted by atomic mass is 9.80. The van der Waals surface area contributed by atoms with E-state index in [0.29, 0.717) is 22.9 Å². The monoisotopic (exact) mass is 540 g/mol. The Balaban J connectivity index is 1.42. The van der Waals surface area contributed by atoms with E-state index in [1.54, 1.807) is 72.9 Å². The zero-order valence-electron chi connectivity index (χ0n) is 21.8. The van der Waals surface area contributed by atoms with E-state index in [0.717, 1.165) is 15.8 Å². The molecule has 4 heterocycles. The average molecular weight is 541 g/mol. The van der Waals surface area contributed by atoms with Crippen molar-refractivity contribution in [3.63, 3.8) is 0 Å². The van der Waals surface area contributed by atoms with Gasteiger partial charge in [-0.1, -0.05) is 60.7 Å². The minimum absolute atomic E-state index is 0.166. The second-order valence-corrected chi connectivity index (χ2v) is 10.2. The van der Waals surface area contributed by atoms with Crippen molar-refractivity contribution in [3.05, 3.63) is 121 Å². The zero-order valence-corrected chi connectivity index (χ0v) is 21.8. The van der Waals surface area contributed by atoms with Crippen LogP contribution in [0, 0.1) is 11.8 Å². The van der Waals surface area contributed by atoms with Gasteiger partial charge >= 0.3 is 0 Å². The summed E-state index contributed by atoms with van der Waals surface area (Å²) < 4.78 is 1.88. The topological polar surface area (TPSA) is 92.6 Å². The van der Waals surface area contributed by atoms with Gasteiger partial charge in [-0.2, -0.15) is 0 Å². The molecule has 0 aliphatic carbocycles. The summed E-state index contributed by atoms with van der Waals surface area (Å²) in [7, 11) is 0. The molecule has 2 aliphatic rings. The Morgan fingerprint density at radius 3 is 1.95 bits per heavy atom. The van der Waals surface area contributed by atoms with Crippen LogP contribution in [-0.2, 0) is 19.2 Å². The third-order valence-corrected chi connectivity index (χ3v) is 7.93. The number of fused-ring (bicyclic) bond motifs is 1. The van der Waals surface area contributed by atoms with Crippen LogP contribution >= 0.6 is 0 Å². The van der Waals surface area contributed by atoms with Crippen molar-refractivity contribution in [1.82, 2.24) is 9.55 Å². The second-order valence-electron chi connectivity index (χ2n) is 10.2. The fourth-order valence-electron chi connectivity index (χ4n) is 6.17. The van der Waals surface area contributed by atoms with Crippen LogP contribution in [0.3, 0.4) is 0 Å². The number of carbonyl (C=O) groups is 4. The fraction of sp³-hybridized carbons (Fsp3) is 0.121. The van der Waals surface area contributed by atoms with Gasteiger partial charge in [-0.3, -0.25) is 28.6 Å². The number of carbonyl (C=O) groups excluding carboxylic acids is 4. The summed E-state index contributed by atoms with van der Waals surface area (Å²) in [6.07, 6.45) is 1.50. The van der Waals surface area contributed by atoms with Crippen molar-refractivity contribution < 1.29 is 19.2 Å². The van der Waals surface area contributed by atoms with E-state index in [2.05, 4.69) is 4.98 Å².